The average Bonchev–Trinajstić information content (AvgIpc) is 2.25. The van der Waals surface area contributed by atoms with Crippen LogP contribution < -0.4 is 15.2 Å². The molecule has 0 unspecified atom stereocenters. The highest BCUT2D eigenvalue weighted by atomic mass is 16.7. The molecule has 1 rings (SSSR count). The molecule has 4 nitrogen and oxygen atoms in total. The summed E-state index contributed by atoms with van der Waals surface area (Å²) in [4.78, 5) is 0. The van der Waals surface area contributed by atoms with Crippen molar-refractivity contribution < 1.29 is 14.2 Å². The molecule has 0 saturated heterocycles. The Balaban J connectivity index is 2.93. The third-order valence-corrected chi connectivity index (χ3v) is 1.82. The van der Waals surface area contributed by atoms with Crippen molar-refractivity contribution in [1.29, 1.82) is 0 Å². The molecule has 0 fully saturated rings. The van der Waals surface area contributed by atoms with Crippen molar-refractivity contribution in [3.05, 3.63) is 23.8 Å². The number of nitrogens with two attached hydrogens (primary N) is 1. The van der Waals surface area contributed by atoms with Gasteiger partial charge in [-0.25, -0.2) is 0 Å². The summed E-state index contributed by atoms with van der Waals surface area (Å²) in [7, 11) is 3.16. The Morgan fingerprint density at radius 2 is 2.07 bits per heavy atom. The highest BCUT2D eigenvalue weighted by Gasteiger charge is 2.08. The molecule has 0 atom stereocenters. The quantitative estimate of drug-likeness (QED) is 0.719. The average molecular weight is 197 g/mol. The second-order valence-electron chi connectivity index (χ2n) is 2.70. The van der Waals surface area contributed by atoms with Crippen LogP contribution in [0.15, 0.2) is 18.2 Å². The van der Waals surface area contributed by atoms with Gasteiger partial charge in [0.05, 0.1) is 7.11 Å². The van der Waals surface area contributed by atoms with E-state index in [2.05, 4.69) is 0 Å². The van der Waals surface area contributed by atoms with Crippen molar-refractivity contribution in [3.8, 4) is 11.5 Å². The number of hydrogen-bond donors (Lipinski definition) is 1. The van der Waals surface area contributed by atoms with E-state index in [-0.39, 0.29) is 6.79 Å². The van der Waals surface area contributed by atoms with Gasteiger partial charge in [0.15, 0.2) is 18.3 Å². The van der Waals surface area contributed by atoms with Crippen LogP contribution in [0.5, 0.6) is 11.5 Å². The molecule has 0 spiro atoms. The summed E-state index contributed by atoms with van der Waals surface area (Å²) in [5, 5.41) is 0. The van der Waals surface area contributed by atoms with Crippen LogP contribution in [-0.4, -0.2) is 21.0 Å². The van der Waals surface area contributed by atoms with Crippen LogP contribution in [0, 0.1) is 0 Å². The Morgan fingerprint density at radius 1 is 1.29 bits per heavy atom. The minimum Gasteiger partial charge on any atom is -0.493 e. The van der Waals surface area contributed by atoms with Gasteiger partial charge in [-0.05, 0) is 6.07 Å². The lowest BCUT2D eigenvalue weighted by Gasteiger charge is -2.13. The molecule has 14 heavy (non-hydrogen) atoms. The number of benzene rings is 1. The van der Waals surface area contributed by atoms with Gasteiger partial charge < -0.3 is 19.9 Å². The minimum absolute atomic E-state index is 0.188. The summed E-state index contributed by atoms with van der Waals surface area (Å²) in [6.45, 7) is 0.601. The Kier molecular flexibility index (Phi) is 4.22. The van der Waals surface area contributed by atoms with E-state index in [0.717, 1.165) is 5.56 Å². The lowest BCUT2D eigenvalue weighted by Crippen LogP contribution is -2.06. The van der Waals surface area contributed by atoms with Crippen molar-refractivity contribution in [1.82, 2.24) is 0 Å². The predicted octanol–water partition coefficient (Wildman–Crippen LogP) is 1.14. The van der Waals surface area contributed by atoms with Crippen LogP contribution in [0.1, 0.15) is 5.56 Å². The molecule has 0 aliphatic rings. The standard InChI is InChI=1S/C10H15NO3/c1-12-7-14-10-8(6-11)4-3-5-9(10)13-2/h3-5H,6-7,11H2,1-2H3. The van der Waals surface area contributed by atoms with Crippen LogP contribution in [0.3, 0.4) is 0 Å². The van der Waals surface area contributed by atoms with Crippen molar-refractivity contribution in [2.45, 2.75) is 6.54 Å². The number of rotatable bonds is 5. The maximum Gasteiger partial charge on any atom is 0.188 e. The van der Waals surface area contributed by atoms with Gasteiger partial charge in [0.25, 0.3) is 0 Å². The van der Waals surface area contributed by atoms with Crippen molar-refractivity contribution in [2.24, 2.45) is 5.73 Å². The maximum atomic E-state index is 5.57. The fourth-order valence-corrected chi connectivity index (χ4v) is 1.16. The minimum atomic E-state index is 0.188. The topological polar surface area (TPSA) is 53.7 Å². The Labute approximate surface area is 83.6 Å². The molecule has 0 aliphatic carbocycles. The van der Waals surface area contributed by atoms with Gasteiger partial charge in [-0.15, -0.1) is 0 Å². The molecule has 0 radical (unpaired) electrons. The van der Waals surface area contributed by atoms with E-state index >= 15 is 0 Å². The fourth-order valence-electron chi connectivity index (χ4n) is 1.16. The molecule has 1 aromatic carbocycles. The molecule has 0 heterocycles. The number of methoxy groups -OCH3 is 2. The normalized spacial score (nSPS) is 9.93. The monoisotopic (exact) mass is 197 g/mol. The molecular formula is C10H15NO3. The van der Waals surface area contributed by atoms with E-state index in [1.54, 1.807) is 14.2 Å². The number of hydrogen-bond acceptors (Lipinski definition) is 4. The van der Waals surface area contributed by atoms with E-state index in [0.29, 0.717) is 18.0 Å². The van der Waals surface area contributed by atoms with E-state index in [9.17, 15) is 0 Å². The lowest BCUT2D eigenvalue weighted by atomic mass is 10.2. The zero-order chi connectivity index (χ0) is 10.4. The molecule has 78 valence electrons. The van der Waals surface area contributed by atoms with E-state index in [1.807, 2.05) is 18.2 Å². The fraction of sp³-hybridized carbons (Fsp3) is 0.400. The third-order valence-electron chi connectivity index (χ3n) is 1.82. The maximum absolute atomic E-state index is 5.57. The summed E-state index contributed by atoms with van der Waals surface area (Å²) in [6, 6.07) is 5.60. The van der Waals surface area contributed by atoms with Gasteiger partial charge >= 0.3 is 0 Å². The van der Waals surface area contributed by atoms with Crippen LogP contribution in [0.25, 0.3) is 0 Å². The van der Waals surface area contributed by atoms with Crippen molar-refractivity contribution in [3.63, 3.8) is 0 Å². The molecule has 4 heteroatoms. The van der Waals surface area contributed by atoms with E-state index in [1.165, 1.54) is 0 Å². The SMILES string of the molecule is COCOc1c(CN)cccc1OC. The molecule has 0 aromatic heterocycles. The first-order chi connectivity index (χ1) is 6.83. The highest BCUT2D eigenvalue weighted by molar-refractivity contribution is 5.46. The Bertz CT molecular complexity index is 266. The molecule has 0 bridgehead atoms. The molecule has 0 amide bonds. The first-order valence-corrected chi connectivity index (χ1v) is 4.31. The lowest BCUT2D eigenvalue weighted by molar-refractivity contribution is 0.0484. The second-order valence-corrected chi connectivity index (χ2v) is 2.70. The summed E-state index contributed by atoms with van der Waals surface area (Å²) < 4.78 is 15.3. The zero-order valence-corrected chi connectivity index (χ0v) is 8.45. The van der Waals surface area contributed by atoms with Gasteiger partial charge in [0.2, 0.25) is 0 Å². The molecule has 2 N–H and O–H groups in total. The van der Waals surface area contributed by atoms with Crippen LogP contribution in [0.4, 0.5) is 0 Å². The summed E-state index contributed by atoms with van der Waals surface area (Å²) in [5.41, 5.74) is 6.47. The van der Waals surface area contributed by atoms with Crippen molar-refractivity contribution >= 4 is 0 Å². The second kappa shape index (κ2) is 5.47. The van der Waals surface area contributed by atoms with Gasteiger partial charge in [-0.3, -0.25) is 0 Å². The van der Waals surface area contributed by atoms with Crippen LogP contribution in [0.2, 0.25) is 0 Å². The smallest absolute Gasteiger partial charge is 0.188 e. The first-order valence-electron chi connectivity index (χ1n) is 4.31. The molecule has 0 saturated carbocycles. The van der Waals surface area contributed by atoms with Gasteiger partial charge in [0.1, 0.15) is 0 Å². The van der Waals surface area contributed by atoms with Crippen molar-refractivity contribution in [2.75, 3.05) is 21.0 Å². The summed E-state index contributed by atoms with van der Waals surface area (Å²) >= 11 is 0. The number of ether oxygens (including phenoxy) is 3. The van der Waals surface area contributed by atoms with E-state index in [4.69, 9.17) is 19.9 Å². The predicted molar refractivity (Wildman–Crippen MR) is 53.4 cm³/mol. The summed E-state index contributed by atoms with van der Waals surface area (Å²) in [6.07, 6.45) is 0. The van der Waals surface area contributed by atoms with Gasteiger partial charge in [-0.1, -0.05) is 12.1 Å². The highest BCUT2D eigenvalue weighted by Crippen LogP contribution is 2.30. The Hall–Kier alpha value is -1.26. The van der Waals surface area contributed by atoms with Crippen LogP contribution >= 0.6 is 0 Å². The largest absolute Gasteiger partial charge is 0.493 e. The zero-order valence-electron chi connectivity index (χ0n) is 8.45. The van der Waals surface area contributed by atoms with Gasteiger partial charge in [0, 0.05) is 19.2 Å². The first kappa shape index (κ1) is 10.8. The number of para-hydroxylation sites is 1. The third kappa shape index (κ3) is 2.37. The summed E-state index contributed by atoms with van der Waals surface area (Å²) in [5.74, 6) is 1.32. The molecule has 0 aliphatic heterocycles. The van der Waals surface area contributed by atoms with Gasteiger partial charge in [-0.2, -0.15) is 0 Å². The van der Waals surface area contributed by atoms with E-state index < -0.39 is 0 Å². The molecule has 1 aromatic rings. The Morgan fingerprint density at radius 3 is 2.64 bits per heavy atom. The van der Waals surface area contributed by atoms with Crippen LogP contribution in [-0.2, 0) is 11.3 Å². The molecular weight excluding hydrogens is 182 g/mol.